The molecule has 5 nitrogen and oxygen atoms in total. The van der Waals surface area contributed by atoms with Crippen LogP contribution >= 0.6 is 0 Å². The van der Waals surface area contributed by atoms with Crippen molar-refractivity contribution in [1.82, 2.24) is 4.90 Å². The number of carbonyl (C=O) groups is 2. The lowest BCUT2D eigenvalue weighted by molar-refractivity contribution is -0.130. The lowest BCUT2D eigenvalue weighted by Crippen LogP contribution is -2.26. The summed E-state index contributed by atoms with van der Waals surface area (Å²) >= 11 is 0. The van der Waals surface area contributed by atoms with Gasteiger partial charge in [-0.1, -0.05) is 18.2 Å². The van der Waals surface area contributed by atoms with E-state index in [-0.39, 0.29) is 31.3 Å². The second-order valence-electron chi connectivity index (χ2n) is 6.66. The van der Waals surface area contributed by atoms with Crippen LogP contribution in [0.1, 0.15) is 39.9 Å². The number of hydrogen-bond acceptors (Lipinski definition) is 4. The Morgan fingerprint density at radius 3 is 2.50 bits per heavy atom. The number of aryl methyl sites for hydroxylation is 2. The van der Waals surface area contributed by atoms with Gasteiger partial charge < -0.3 is 14.4 Å². The van der Waals surface area contributed by atoms with E-state index in [1.54, 1.807) is 11.9 Å². The number of nitrogens with zero attached hydrogens (tertiary/aromatic N) is 1. The Balaban J connectivity index is 1.54. The molecule has 0 bridgehead atoms. The molecule has 0 aliphatic carbocycles. The van der Waals surface area contributed by atoms with Gasteiger partial charge in [0.25, 0.3) is 0 Å². The molecule has 0 saturated heterocycles. The van der Waals surface area contributed by atoms with E-state index in [0.29, 0.717) is 17.9 Å². The molecule has 1 amide bonds. The number of benzene rings is 2. The number of Topliss-reactive ketones (excluding diaryl/α,β-unsaturated/α-hetero) is 1. The van der Waals surface area contributed by atoms with Crippen LogP contribution in [0.15, 0.2) is 36.4 Å². The van der Waals surface area contributed by atoms with Gasteiger partial charge in [-0.3, -0.25) is 9.59 Å². The second kappa shape index (κ2) is 7.60. The van der Waals surface area contributed by atoms with E-state index in [9.17, 15) is 9.59 Å². The molecule has 26 heavy (non-hydrogen) atoms. The first kappa shape index (κ1) is 18.0. The second-order valence-corrected chi connectivity index (χ2v) is 6.66. The van der Waals surface area contributed by atoms with Crippen LogP contribution in [0.5, 0.6) is 11.5 Å². The summed E-state index contributed by atoms with van der Waals surface area (Å²) in [7, 11) is 1.74. The zero-order valence-electron chi connectivity index (χ0n) is 15.4. The maximum absolute atomic E-state index is 12.4. The summed E-state index contributed by atoms with van der Waals surface area (Å²) in [6, 6.07) is 11.3. The lowest BCUT2D eigenvalue weighted by Gasteiger charge is -2.17. The molecule has 5 heteroatoms. The highest BCUT2D eigenvalue weighted by Crippen LogP contribution is 2.32. The molecule has 2 aromatic carbocycles. The Labute approximate surface area is 153 Å². The van der Waals surface area contributed by atoms with Crippen molar-refractivity contribution >= 4 is 11.7 Å². The van der Waals surface area contributed by atoms with Crippen LogP contribution in [-0.4, -0.2) is 30.4 Å². The van der Waals surface area contributed by atoms with E-state index in [4.69, 9.17) is 9.47 Å². The van der Waals surface area contributed by atoms with Crippen LogP contribution in [0.2, 0.25) is 0 Å². The minimum atomic E-state index is -0.0557. The molecule has 0 spiro atoms. The van der Waals surface area contributed by atoms with Crippen LogP contribution in [-0.2, 0) is 11.3 Å². The smallest absolute Gasteiger partial charge is 0.231 e. The van der Waals surface area contributed by atoms with E-state index in [1.807, 2.05) is 50.2 Å². The first-order chi connectivity index (χ1) is 12.4. The van der Waals surface area contributed by atoms with Crippen LogP contribution in [0.4, 0.5) is 0 Å². The number of hydrogen-bond donors (Lipinski definition) is 0. The summed E-state index contributed by atoms with van der Waals surface area (Å²) < 4.78 is 10.6. The predicted octanol–water partition coefficient (Wildman–Crippen LogP) is 3.65. The number of carbonyl (C=O) groups excluding carboxylic acids is 2. The summed E-state index contributed by atoms with van der Waals surface area (Å²) in [6.07, 6.45) is 0.416. The van der Waals surface area contributed by atoms with E-state index in [2.05, 4.69) is 0 Å². The Hall–Kier alpha value is -2.82. The number of amides is 1. The van der Waals surface area contributed by atoms with Crippen molar-refractivity contribution < 1.29 is 19.1 Å². The molecular formula is C21H23NO4. The molecule has 0 saturated carbocycles. The zero-order valence-corrected chi connectivity index (χ0v) is 15.4. The number of fused-ring (bicyclic) bond motifs is 1. The van der Waals surface area contributed by atoms with Gasteiger partial charge in [0.1, 0.15) is 0 Å². The van der Waals surface area contributed by atoms with Gasteiger partial charge in [0.05, 0.1) is 0 Å². The molecule has 0 atom stereocenters. The highest BCUT2D eigenvalue weighted by atomic mass is 16.7. The van der Waals surface area contributed by atoms with Gasteiger partial charge >= 0.3 is 0 Å². The van der Waals surface area contributed by atoms with E-state index < -0.39 is 0 Å². The molecule has 0 unspecified atom stereocenters. The van der Waals surface area contributed by atoms with Crippen LogP contribution < -0.4 is 9.47 Å². The third-order valence-electron chi connectivity index (χ3n) is 4.68. The first-order valence-corrected chi connectivity index (χ1v) is 8.67. The molecule has 1 aliphatic heterocycles. The van der Waals surface area contributed by atoms with Crippen LogP contribution in [0.25, 0.3) is 0 Å². The highest BCUT2D eigenvalue weighted by molar-refractivity contribution is 5.98. The number of ether oxygens (including phenoxy) is 2. The predicted molar refractivity (Wildman–Crippen MR) is 98.5 cm³/mol. The summed E-state index contributed by atoms with van der Waals surface area (Å²) in [5.41, 5.74) is 3.87. The fourth-order valence-electron chi connectivity index (χ4n) is 2.87. The molecule has 2 aromatic rings. The normalized spacial score (nSPS) is 12.1. The molecule has 3 rings (SSSR count). The van der Waals surface area contributed by atoms with E-state index in [1.165, 1.54) is 0 Å². The third-order valence-corrected chi connectivity index (χ3v) is 4.68. The molecular weight excluding hydrogens is 330 g/mol. The zero-order chi connectivity index (χ0) is 18.7. The average Bonchev–Trinajstić information content (AvgIpc) is 3.09. The topological polar surface area (TPSA) is 55.8 Å². The molecule has 0 radical (unpaired) electrons. The Kier molecular flexibility index (Phi) is 5.26. The minimum absolute atomic E-state index is 0.00192. The molecule has 1 heterocycles. The standard InChI is InChI=1S/C21H23NO4/c1-14-4-6-17(10-15(14)2)18(23)7-9-21(24)22(3)12-16-5-8-19-20(11-16)26-13-25-19/h4-6,8,10-11H,7,9,12-13H2,1-3H3. The number of ketones is 1. The summed E-state index contributed by atoms with van der Waals surface area (Å²) in [5.74, 6) is 1.37. The minimum Gasteiger partial charge on any atom is -0.454 e. The lowest BCUT2D eigenvalue weighted by atomic mass is 10.0. The van der Waals surface area contributed by atoms with Crippen molar-refractivity contribution in [2.75, 3.05) is 13.8 Å². The summed E-state index contributed by atoms with van der Waals surface area (Å²) in [4.78, 5) is 26.3. The van der Waals surface area contributed by atoms with Gasteiger partial charge in [-0.15, -0.1) is 0 Å². The SMILES string of the molecule is Cc1ccc(C(=O)CCC(=O)N(C)Cc2ccc3c(c2)OCO3)cc1C. The Morgan fingerprint density at radius 1 is 0.962 bits per heavy atom. The van der Waals surface area contributed by atoms with Crippen molar-refractivity contribution in [3.63, 3.8) is 0 Å². The summed E-state index contributed by atoms with van der Waals surface area (Å²) in [6.45, 7) is 4.69. The molecule has 1 aliphatic rings. The molecule has 0 aromatic heterocycles. The third kappa shape index (κ3) is 4.04. The van der Waals surface area contributed by atoms with Crippen LogP contribution in [0, 0.1) is 13.8 Å². The van der Waals surface area contributed by atoms with Crippen molar-refractivity contribution in [2.45, 2.75) is 33.2 Å². The quantitative estimate of drug-likeness (QED) is 0.744. The van der Waals surface area contributed by atoms with Gasteiger partial charge in [0, 0.05) is 32.0 Å². The highest BCUT2D eigenvalue weighted by Gasteiger charge is 2.16. The largest absolute Gasteiger partial charge is 0.454 e. The van der Waals surface area contributed by atoms with Gasteiger partial charge in [0.15, 0.2) is 17.3 Å². The maximum atomic E-state index is 12.4. The maximum Gasteiger partial charge on any atom is 0.231 e. The van der Waals surface area contributed by atoms with Crippen LogP contribution in [0.3, 0.4) is 0 Å². The molecule has 0 fully saturated rings. The summed E-state index contributed by atoms with van der Waals surface area (Å²) in [5, 5.41) is 0. The van der Waals surface area contributed by atoms with Gasteiger partial charge in [-0.2, -0.15) is 0 Å². The fourth-order valence-corrected chi connectivity index (χ4v) is 2.87. The van der Waals surface area contributed by atoms with Crippen molar-refractivity contribution in [1.29, 1.82) is 0 Å². The van der Waals surface area contributed by atoms with Crippen molar-refractivity contribution in [2.24, 2.45) is 0 Å². The van der Waals surface area contributed by atoms with Crippen molar-refractivity contribution in [3.05, 3.63) is 58.7 Å². The van der Waals surface area contributed by atoms with E-state index >= 15 is 0 Å². The number of rotatable bonds is 6. The van der Waals surface area contributed by atoms with Gasteiger partial charge in [0.2, 0.25) is 12.7 Å². The Bertz CT molecular complexity index is 844. The van der Waals surface area contributed by atoms with Crippen molar-refractivity contribution in [3.8, 4) is 11.5 Å². The first-order valence-electron chi connectivity index (χ1n) is 8.67. The monoisotopic (exact) mass is 353 g/mol. The fraction of sp³-hybridized carbons (Fsp3) is 0.333. The van der Waals surface area contributed by atoms with Gasteiger partial charge in [-0.25, -0.2) is 0 Å². The average molecular weight is 353 g/mol. The Morgan fingerprint density at radius 2 is 1.73 bits per heavy atom. The van der Waals surface area contributed by atoms with E-state index in [0.717, 1.165) is 22.4 Å². The molecule has 136 valence electrons. The van der Waals surface area contributed by atoms with Gasteiger partial charge in [-0.05, 0) is 48.7 Å². The molecule has 0 N–H and O–H groups in total.